The molecule has 1 aliphatic carbocycles. The van der Waals surface area contributed by atoms with Crippen molar-refractivity contribution >= 4 is 26.5 Å². The van der Waals surface area contributed by atoms with Crippen LogP contribution in [0.1, 0.15) is 25.7 Å². The third kappa shape index (κ3) is 2.62. The minimum Gasteiger partial charge on any atom is -0.398 e. The van der Waals surface area contributed by atoms with E-state index in [-0.39, 0.29) is 0 Å². The van der Waals surface area contributed by atoms with Crippen LogP contribution in [-0.2, 0) is 10.0 Å². The summed E-state index contributed by atoms with van der Waals surface area (Å²) in [6.07, 6.45) is 4.69. The lowest BCUT2D eigenvalue weighted by Gasteiger charge is -2.22. The Labute approximate surface area is 137 Å². The van der Waals surface area contributed by atoms with Gasteiger partial charge in [0, 0.05) is 24.2 Å². The third-order valence-corrected chi connectivity index (χ3v) is 7.24. The zero-order chi connectivity index (χ0) is 16.0. The minimum atomic E-state index is -3.42. The first kappa shape index (κ1) is 15.0. The number of nitrogens with zero attached hydrogens (tertiary/aromatic N) is 1. The van der Waals surface area contributed by atoms with Gasteiger partial charge in [0.05, 0.1) is 4.90 Å². The third-order valence-electron chi connectivity index (χ3n) is 5.41. The van der Waals surface area contributed by atoms with Gasteiger partial charge in [-0.2, -0.15) is 4.31 Å². The maximum Gasteiger partial charge on any atom is 0.243 e. The average molecular weight is 330 g/mol. The van der Waals surface area contributed by atoms with Crippen molar-refractivity contribution in [1.82, 2.24) is 4.31 Å². The number of benzene rings is 2. The maximum absolute atomic E-state index is 13.1. The zero-order valence-electron chi connectivity index (χ0n) is 13.1. The van der Waals surface area contributed by atoms with Crippen LogP contribution in [0.2, 0.25) is 0 Å². The molecule has 3 fully saturated rings. The highest BCUT2D eigenvalue weighted by molar-refractivity contribution is 7.89. The molecule has 1 saturated carbocycles. The van der Waals surface area contributed by atoms with Crippen molar-refractivity contribution in [2.75, 3.05) is 18.8 Å². The van der Waals surface area contributed by atoms with Gasteiger partial charge in [0.2, 0.25) is 10.0 Å². The molecule has 2 bridgehead atoms. The van der Waals surface area contributed by atoms with Crippen LogP contribution in [-0.4, -0.2) is 25.8 Å². The van der Waals surface area contributed by atoms with E-state index >= 15 is 0 Å². The molecule has 0 spiro atoms. The van der Waals surface area contributed by atoms with Crippen molar-refractivity contribution in [2.24, 2.45) is 11.8 Å². The SMILES string of the molecule is Nc1cccc2cc(S(=O)(=O)N3CC4CCC(CC4)C3)ccc12. The number of rotatable bonds is 2. The number of hydrogen-bond donors (Lipinski definition) is 1. The quantitative estimate of drug-likeness (QED) is 0.860. The van der Waals surface area contributed by atoms with Crippen LogP contribution < -0.4 is 5.73 Å². The summed E-state index contributed by atoms with van der Waals surface area (Å²) in [7, 11) is -3.42. The van der Waals surface area contributed by atoms with Gasteiger partial charge < -0.3 is 5.73 Å². The van der Waals surface area contributed by atoms with Gasteiger partial charge in [0.1, 0.15) is 0 Å². The second kappa shape index (κ2) is 5.49. The zero-order valence-corrected chi connectivity index (χ0v) is 13.9. The first-order valence-corrected chi connectivity index (χ1v) is 9.76. The Balaban J connectivity index is 1.73. The number of anilines is 1. The standard InChI is InChI=1S/C18H22N2O2S/c19-18-3-1-2-15-10-16(8-9-17(15)18)23(21,22)20-11-13-4-5-14(12-20)7-6-13/h1-3,8-10,13-14H,4-7,11-12,19H2. The first-order valence-electron chi connectivity index (χ1n) is 8.32. The van der Waals surface area contributed by atoms with E-state index in [0.29, 0.717) is 35.5 Å². The van der Waals surface area contributed by atoms with Crippen LogP contribution in [0.5, 0.6) is 0 Å². The van der Waals surface area contributed by atoms with Gasteiger partial charge in [-0.3, -0.25) is 0 Å². The van der Waals surface area contributed by atoms with Gasteiger partial charge in [0.25, 0.3) is 0 Å². The Hall–Kier alpha value is -1.59. The van der Waals surface area contributed by atoms with Crippen LogP contribution in [0.3, 0.4) is 0 Å². The normalized spacial score (nSPS) is 25.6. The summed E-state index contributed by atoms with van der Waals surface area (Å²) in [6, 6.07) is 10.9. The van der Waals surface area contributed by atoms with Gasteiger partial charge in [-0.1, -0.05) is 18.2 Å². The van der Waals surface area contributed by atoms with E-state index in [9.17, 15) is 8.42 Å². The Bertz CT molecular complexity index is 825. The molecule has 4 nitrogen and oxygen atoms in total. The lowest BCUT2D eigenvalue weighted by molar-refractivity contribution is 0.326. The molecule has 0 radical (unpaired) electrons. The average Bonchev–Trinajstić information content (AvgIpc) is 2.89. The highest BCUT2D eigenvalue weighted by Gasteiger charge is 2.35. The Kier molecular flexibility index (Phi) is 3.58. The van der Waals surface area contributed by atoms with Gasteiger partial charge in [0.15, 0.2) is 0 Å². The Morgan fingerprint density at radius 2 is 1.61 bits per heavy atom. The molecule has 122 valence electrons. The molecule has 2 aromatic rings. The van der Waals surface area contributed by atoms with Crippen molar-refractivity contribution in [3.63, 3.8) is 0 Å². The summed E-state index contributed by atoms with van der Waals surface area (Å²) >= 11 is 0. The Morgan fingerprint density at radius 3 is 2.26 bits per heavy atom. The molecule has 5 heteroatoms. The number of sulfonamides is 1. The largest absolute Gasteiger partial charge is 0.398 e. The topological polar surface area (TPSA) is 63.4 Å². The van der Waals surface area contributed by atoms with Crippen molar-refractivity contribution in [3.8, 4) is 0 Å². The van der Waals surface area contributed by atoms with Crippen molar-refractivity contribution in [3.05, 3.63) is 36.4 Å². The second-order valence-electron chi connectivity index (χ2n) is 6.94. The van der Waals surface area contributed by atoms with E-state index in [2.05, 4.69) is 0 Å². The van der Waals surface area contributed by atoms with E-state index in [1.807, 2.05) is 24.3 Å². The summed E-state index contributed by atoms with van der Waals surface area (Å²) in [5, 5.41) is 1.78. The lowest BCUT2D eigenvalue weighted by Crippen LogP contribution is -2.34. The molecular weight excluding hydrogens is 308 g/mol. The van der Waals surface area contributed by atoms with Crippen molar-refractivity contribution in [2.45, 2.75) is 30.6 Å². The molecule has 0 atom stereocenters. The van der Waals surface area contributed by atoms with Gasteiger partial charge >= 0.3 is 0 Å². The molecule has 3 aliphatic rings. The van der Waals surface area contributed by atoms with Crippen LogP contribution >= 0.6 is 0 Å². The molecule has 0 aromatic heterocycles. The number of fused-ring (bicyclic) bond motifs is 5. The fourth-order valence-electron chi connectivity index (χ4n) is 4.04. The van der Waals surface area contributed by atoms with Crippen LogP contribution in [0, 0.1) is 11.8 Å². The fraction of sp³-hybridized carbons (Fsp3) is 0.444. The summed E-state index contributed by atoms with van der Waals surface area (Å²) in [5.74, 6) is 1.05. The molecule has 2 heterocycles. The van der Waals surface area contributed by atoms with Crippen LogP contribution in [0.25, 0.3) is 10.8 Å². The highest BCUT2D eigenvalue weighted by Crippen LogP contribution is 2.36. The first-order chi connectivity index (χ1) is 11.0. The smallest absolute Gasteiger partial charge is 0.243 e. The van der Waals surface area contributed by atoms with Crippen molar-refractivity contribution in [1.29, 1.82) is 0 Å². The van der Waals surface area contributed by atoms with Crippen LogP contribution in [0.4, 0.5) is 5.69 Å². The molecule has 2 aliphatic heterocycles. The Morgan fingerprint density at radius 1 is 0.957 bits per heavy atom. The molecular formula is C18H22N2O2S. The predicted molar refractivity (Wildman–Crippen MR) is 92.6 cm³/mol. The summed E-state index contributed by atoms with van der Waals surface area (Å²) in [5.41, 5.74) is 6.64. The van der Waals surface area contributed by atoms with Crippen LogP contribution in [0.15, 0.2) is 41.3 Å². The molecule has 2 saturated heterocycles. The predicted octanol–water partition coefficient (Wildman–Crippen LogP) is 3.23. The maximum atomic E-state index is 13.1. The molecule has 23 heavy (non-hydrogen) atoms. The van der Waals surface area contributed by atoms with Gasteiger partial charge in [-0.15, -0.1) is 0 Å². The molecule has 2 aromatic carbocycles. The van der Waals surface area contributed by atoms with E-state index in [4.69, 9.17) is 5.73 Å². The number of nitrogens with two attached hydrogens (primary N) is 1. The fourth-order valence-corrected chi connectivity index (χ4v) is 5.67. The molecule has 2 N–H and O–H groups in total. The van der Waals surface area contributed by atoms with Crippen molar-refractivity contribution < 1.29 is 8.42 Å². The van der Waals surface area contributed by atoms with E-state index in [1.165, 1.54) is 25.7 Å². The lowest BCUT2D eigenvalue weighted by atomic mass is 9.84. The molecule has 0 unspecified atom stereocenters. The summed E-state index contributed by atoms with van der Waals surface area (Å²) in [4.78, 5) is 0.386. The number of hydrogen-bond acceptors (Lipinski definition) is 3. The molecule has 5 rings (SSSR count). The van der Waals surface area contributed by atoms with E-state index < -0.39 is 10.0 Å². The monoisotopic (exact) mass is 330 g/mol. The highest BCUT2D eigenvalue weighted by atomic mass is 32.2. The van der Waals surface area contributed by atoms with Gasteiger partial charge in [-0.05, 0) is 61.1 Å². The minimum absolute atomic E-state index is 0.386. The second-order valence-corrected chi connectivity index (χ2v) is 8.88. The number of nitrogen functional groups attached to an aromatic ring is 1. The van der Waals surface area contributed by atoms with Gasteiger partial charge in [-0.25, -0.2) is 8.42 Å². The summed E-state index contributed by atoms with van der Waals surface area (Å²) in [6.45, 7) is 1.35. The van der Waals surface area contributed by atoms with E-state index in [0.717, 1.165) is 10.8 Å². The summed E-state index contributed by atoms with van der Waals surface area (Å²) < 4.78 is 27.9. The van der Waals surface area contributed by atoms with E-state index in [1.54, 1.807) is 16.4 Å². The molecule has 0 amide bonds.